The summed E-state index contributed by atoms with van der Waals surface area (Å²) in [6, 6.07) is 1.98. The van der Waals surface area contributed by atoms with Gasteiger partial charge in [-0.3, -0.25) is 9.48 Å². The Morgan fingerprint density at radius 1 is 1.32 bits per heavy atom. The fraction of sp³-hybridized carbons (Fsp3) is 0.765. The lowest BCUT2D eigenvalue weighted by Crippen LogP contribution is -2.49. The zero-order valence-corrected chi connectivity index (χ0v) is 13.3. The molecule has 1 saturated heterocycles. The molecule has 2 heterocycles. The number of rotatable bonds is 2. The number of hydrogen-bond donors (Lipinski definition) is 1. The van der Waals surface area contributed by atoms with Gasteiger partial charge in [0.2, 0.25) is 0 Å². The van der Waals surface area contributed by atoms with Crippen LogP contribution in [-0.4, -0.2) is 44.9 Å². The van der Waals surface area contributed by atoms with Crippen molar-refractivity contribution in [3.8, 4) is 0 Å². The average molecular weight is 303 g/mol. The van der Waals surface area contributed by atoms with Gasteiger partial charge in [-0.1, -0.05) is 6.42 Å². The van der Waals surface area contributed by atoms with Gasteiger partial charge in [0.1, 0.15) is 0 Å². The van der Waals surface area contributed by atoms with Gasteiger partial charge in [0.25, 0.3) is 5.91 Å². The van der Waals surface area contributed by atoms with Crippen LogP contribution in [-0.2, 0) is 7.05 Å². The number of hydrogen-bond acceptors (Lipinski definition) is 3. The third-order valence-electron chi connectivity index (χ3n) is 5.89. The highest BCUT2D eigenvalue weighted by Gasteiger charge is 2.46. The van der Waals surface area contributed by atoms with Gasteiger partial charge in [-0.15, -0.1) is 0 Å². The van der Waals surface area contributed by atoms with E-state index in [1.54, 1.807) is 0 Å². The lowest BCUT2D eigenvalue weighted by Gasteiger charge is -2.42. The third-order valence-corrected chi connectivity index (χ3v) is 5.89. The van der Waals surface area contributed by atoms with Crippen LogP contribution in [0.4, 0.5) is 0 Å². The molecule has 1 amide bonds. The molecule has 5 nitrogen and oxygen atoms in total. The number of piperidine rings is 1. The van der Waals surface area contributed by atoms with Crippen molar-refractivity contribution in [3.05, 3.63) is 17.5 Å². The number of carbonyl (C=O) groups excluding carboxylic acids is 1. The number of likely N-dealkylation sites (tertiary alicyclic amines) is 1. The van der Waals surface area contributed by atoms with Crippen LogP contribution >= 0.6 is 0 Å². The summed E-state index contributed by atoms with van der Waals surface area (Å²) in [6.07, 6.45) is 7.24. The molecule has 1 aromatic heterocycles. The van der Waals surface area contributed by atoms with Crippen LogP contribution in [0.15, 0.2) is 6.07 Å². The van der Waals surface area contributed by atoms with Crippen molar-refractivity contribution in [2.75, 3.05) is 13.1 Å². The van der Waals surface area contributed by atoms with Gasteiger partial charge in [0, 0.05) is 37.2 Å². The Bertz CT molecular complexity index is 593. The minimum atomic E-state index is -0.242. The molecule has 3 aliphatic rings. The van der Waals surface area contributed by atoms with Gasteiger partial charge in [0.05, 0.1) is 6.10 Å². The highest BCUT2D eigenvalue weighted by Crippen LogP contribution is 2.45. The quantitative estimate of drug-likeness (QED) is 0.910. The van der Waals surface area contributed by atoms with Crippen molar-refractivity contribution in [1.82, 2.24) is 14.7 Å². The van der Waals surface area contributed by atoms with E-state index in [9.17, 15) is 9.90 Å². The summed E-state index contributed by atoms with van der Waals surface area (Å²) >= 11 is 0. The van der Waals surface area contributed by atoms with E-state index in [1.165, 1.54) is 18.5 Å². The van der Waals surface area contributed by atoms with Crippen molar-refractivity contribution in [2.24, 2.45) is 12.5 Å². The summed E-state index contributed by atoms with van der Waals surface area (Å²) in [5, 5.41) is 14.8. The predicted octanol–water partition coefficient (Wildman–Crippen LogP) is 2.06. The summed E-state index contributed by atoms with van der Waals surface area (Å²) in [5.74, 6) is 0.643. The molecule has 1 spiro atoms. The number of amides is 1. The first kappa shape index (κ1) is 14.2. The minimum Gasteiger partial charge on any atom is -0.392 e. The second-order valence-corrected chi connectivity index (χ2v) is 7.45. The maximum Gasteiger partial charge on any atom is 0.274 e. The Morgan fingerprint density at radius 3 is 2.77 bits per heavy atom. The molecule has 0 radical (unpaired) electrons. The molecule has 4 rings (SSSR count). The first-order valence-corrected chi connectivity index (χ1v) is 8.60. The van der Waals surface area contributed by atoms with E-state index in [-0.39, 0.29) is 17.4 Å². The number of nitrogens with zero attached hydrogens (tertiary/aromatic N) is 3. The van der Waals surface area contributed by atoms with Gasteiger partial charge in [-0.2, -0.15) is 5.10 Å². The SMILES string of the molecule is Cn1nc(C(=O)N2CCC[C@]3(CCC[C@H]3O)C2)cc1C1CC1. The van der Waals surface area contributed by atoms with E-state index in [1.807, 2.05) is 22.7 Å². The van der Waals surface area contributed by atoms with Crippen LogP contribution in [0.25, 0.3) is 0 Å². The molecular weight excluding hydrogens is 278 g/mol. The Labute approximate surface area is 131 Å². The highest BCUT2D eigenvalue weighted by atomic mass is 16.3. The topological polar surface area (TPSA) is 58.4 Å². The molecule has 1 N–H and O–H groups in total. The molecule has 1 aromatic rings. The van der Waals surface area contributed by atoms with E-state index in [0.29, 0.717) is 18.2 Å². The summed E-state index contributed by atoms with van der Waals surface area (Å²) in [6.45, 7) is 1.49. The Hall–Kier alpha value is -1.36. The lowest BCUT2D eigenvalue weighted by molar-refractivity contribution is -0.00557. The molecule has 2 atom stereocenters. The Morgan fingerprint density at radius 2 is 2.09 bits per heavy atom. The van der Waals surface area contributed by atoms with Crippen molar-refractivity contribution in [3.63, 3.8) is 0 Å². The standard InChI is InChI=1S/C17H25N3O2/c1-19-14(12-5-6-12)10-13(18-19)16(22)20-9-3-8-17(11-20)7-2-4-15(17)21/h10,12,15,21H,2-9,11H2,1H3/t15-,17-/m1/s1. The number of aliphatic hydroxyl groups is 1. The van der Waals surface area contributed by atoms with Crippen LogP contribution < -0.4 is 0 Å². The fourth-order valence-electron chi connectivity index (χ4n) is 4.44. The number of aromatic nitrogens is 2. The second kappa shape index (κ2) is 5.08. The van der Waals surface area contributed by atoms with Crippen molar-refractivity contribution in [1.29, 1.82) is 0 Å². The van der Waals surface area contributed by atoms with Crippen molar-refractivity contribution in [2.45, 2.75) is 57.0 Å². The zero-order valence-electron chi connectivity index (χ0n) is 13.3. The largest absolute Gasteiger partial charge is 0.392 e. The molecule has 0 unspecified atom stereocenters. The van der Waals surface area contributed by atoms with Crippen LogP contribution in [0.3, 0.4) is 0 Å². The number of aryl methyl sites for hydroxylation is 1. The van der Waals surface area contributed by atoms with E-state index in [0.717, 1.165) is 38.6 Å². The molecular formula is C17H25N3O2. The van der Waals surface area contributed by atoms with E-state index in [4.69, 9.17) is 0 Å². The van der Waals surface area contributed by atoms with Gasteiger partial charge >= 0.3 is 0 Å². The normalized spacial score (nSPS) is 31.9. The first-order valence-electron chi connectivity index (χ1n) is 8.60. The summed E-state index contributed by atoms with van der Waals surface area (Å²) in [4.78, 5) is 14.8. The maximum atomic E-state index is 12.8. The van der Waals surface area contributed by atoms with E-state index in [2.05, 4.69) is 5.10 Å². The summed E-state index contributed by atoms with van der Waals surface area (Å²) in [7, 11) is 1.93. The van der Waals surface area contributed by atoms with E-state index >= 15 is 0 Å². The van der Waals surface area contributed by atoms with Gasteiger partial charge in [-0.25, -0.2) is 0 Å². The predicted molar refractivity (Wildman–Crippen MR) is 82.6 cm³/mol. The maximum absolute atomic E-state index is 12.8. The van der Waals surface area contributed by atoms with Crippen LogP contribution in [0.1, 0.15) is 67.0 Å². The monoisotopic (exact) mass is 303 g/mol. The van der Waals surface area contributed by atoms with Gasteiger partial charge in [-0.05, 0) is 44.6 Å². The van der Waals surface area contributed by atoms with Crippen molar-refractivity contribution >= 4 is 5.91 Å². The molecule has 3 fully saturated rings. The highest BCUT2D eigenvalue weighted by molar-refractivity contribution is 5.92. The molecule has 2 saturated carbocycles. The number of carbonyl (C=O) groups is 1. The van der Waals surface area contributed by atoms with Gasteiger partial charge < -0.3 is 10.0 Å². The fourth-order valence-corrected chi connectivity index (χ4v) is 4.44. The van der Waals surface area contributed by atoms with Crippen LogP contribution in [0, 0.1) is 5.41 Å². The van der Waals surface area contributed by atoms with Crippen LogP contribution in [0.2, 0.25) is 0 Å². The molecule has 120 valence electrons. The minimum absolute atomic E-state index is 0.0423. The Kier molecular flexibility index (Phi) is 3.29. The molecule has 0 aromatic carbocycles. The first-order chi connectivity index (χ1) is 10.6. The lowest BCUT2D eigenvalue weighted by atomic mass is 9.76. The second-order valence-electron chi connectivity index (χ2n) is 7.45. The average Bonchev–Trinajstić information content (AvgIpc) is 3.21. The molecule has 22 heavy (non-hydrogen) atoms. The summed E-state index contributed by atoms with van der Waals surface area (Å²) in [5.41, 5.74) is 1.71. The molecule has 5 heteroatoms. The Balaban J connectivity index is 1.53. The molecule has 0 bridgehead atoms. The van der Waals surface area contributed by atoms with Crippen LogP contribution in [0.5, 0.6) is 0 Å². The van der Waals surface area contributed by atoms with E-state index < -0.39 is 0 Å². The molecule has 2 aliphatic carbocycles. The summed E-state index contributed by atoms with van der Waals surface area (Å²) < 4.78 is 1.87. The van der Waals surface area contributed by atoms with Crippen molar-refractivity contribution < 1.29 is 9.90 Å². The van der Waals surface area contributed by atoms with Gasteiger partial charge in [0.15, 0.2) is 5.69 Å². The zero-order chi connectivity index (χ0) is 15.3. The third kappa shape index (κ3) is 2.26. The smallest absolute Gasteiger partial charge is 0.274 e. The molecule has 1 aliphatic heterocycles. The number of aliphatic hydroxyl groups excluding tert-OH is 1.